The van der Waals surface area contributed by atoms with Gasteiger partial charge in [0.2, 0.25) is 5.13 Å². The standard InChI is InChI=1S/C20H17N3O3S/c1-25-12-15-14-9-5-6-10-16(14)26-18(15)19(24)21-20-23-22-17(27-20)11-13-7-3-2-4-8-13/h2-10H,11-12H2,1H3,(H,21,23,24). The third-order valence-electron chi connectivity index (χ3n) is 4.08. The molecule has 2 aromatic carbocycles. The van der Waals surface area contributed by atoms with E-state index in [1.807, 2.05) is 54.6 Å². The van der Waals surface area contributed by atoms with Gasteiger partial charge in [-0.1, -0.05) is 59.9 Å². The molecule has 4 rings (SSSR count). The van der Waals surface area contributed by atoms with Crippen LogP contribution in [0.3, 0.4) is 0 Å². The molecule has 7 heteroatoms. The Kier molecular flexibility index (Phi) is 4.95. The van der Waals surface area contributed by atoms with E-state index >= 15 is 0 Å². The van der Waals surface area contributed by atoms with E-state index in [9.17, 15) is 4.79 Å². The lowest BCUT2D eigenvalue weighted by molar-refractivity contribution is 0.0992. The molecule has 0 fully saturated rings. The van der Waals surface area contributed by atoms with Crippen LogP contribution >= 0.6 is 11.3 Å². The number of anilines is 1. The first-order valence-corrected chi connectivity index (χ1v) is 9.23. The van der Waals surface area contributed by atoms with Crippen molar-refractivity contribution < 1.29 is 13.9 Å². The highest BCUT2D eigenvalue weighted by Crippen LogP contribution is 2.28. The summed E-state index contributed by atoms with van der Waals surface area (Å²) in [6.07, 6.45) is 0.675. The predicted octanol–water partition coefficient (Wildman–Crippen LogP) is 4.27. The summed E-state index contributed by atoms with van der Waals surface area (Å²) in [5, 5.41) is 13.1. The first-order chi connectivity index (χ1) is 13.2. The van der Waals surface area contributed by atoms with Crippen molar-refractivity contribution in [2.24, 2.45) is 0 Å². The fourth-order valence-electron chi connectivity index (χ4n) is 2.87. The van der Waals surface area contributed by atoms with Crippen LogP contribution in [0.25, 0.3) is 11.0 Å². The third-order valence-corrected chi connectivity index (χ3v) is 4.92. The first-order valence-electron chi connectivity index (χ1n) is 8.41. The SMILES string of the molecule is COCc1c(C(=O)Nc2nnc(Cc3ccccc3)s2)oc2ccccc12. The molecule has 1 amide bonds. The summed E-state index contributed by atoms with van der Waals surface area (Å²) in [6.45, 7) is 0.287. The second-order valence-electron chi connectivity index (χ2n) is 5.96. The number of carbonyl (C=O) groups is 1. The number of benzene rings is 2. The highest BCUT2D eigenvalue weighted by molar-refractivity contribution is 7.15. The van der Waals surface area contributed by atoms with Crippen molar-refractivity contribution in [2.45, 2.75) is 13.0 Å². The van der Waals surface area contributed by atoms with Gasteiger partial charge in [0.25, 0.3) is 5.91 Å². The van der Waals surface area contributed by atoms with Gasteiger partial charge in [-0.15, -0.1) is 10.2 Å². The number of amides is 1. The molecule has 0 radical (unpaired) electrons. The summed E-state index contributed by atoms with van der Waals surface area (Å²) in [5.74, 6) is -0.126. The Labute approximate surface area is 159 Å². The molecule has 0 saturated carbocycles. The second-order valence-corrected chi connectivity index (χ2v) is 7.02. The van der Waals surface area contributed by atoms with Gasteiger partial charge in [0, 0.05) is 24.5 Å². The van der Waals surface area contributed by atoms with E-state index in [2.05, 4.69) is 15.5 Å². The molecule has 136 valence electrons. The average molecular weight is 379 g/mol. The number of hydrogen-bond acceptors (Lipinski definition) is 6. The molecule has 0 unspecified atom stereocenters. The monoisotopic (exact) mass is 379 g/mol. The number of aromatic nitrogens is 2. The van der Waals surface area contributed by atoms with Crippen LogP contribution in [0.1, 0.15) is 26.7 Å². The Bertz CT molecular complexity index is 1070. The number of nitrogens with one attached hydrogen (secondary N) is 1. The van der Waals surface area contributed by atoms with Crippen molar-refractivity contribution in [1.29, 1.82) is 0 Å². The number of fused-ring (bicyclic) bond motifs is 1. The fraction of sp³-hybridized carbons (Fsp3) is 0.150. The Morgan fingerprint density at radius 2 is 1.89 bits per heavy atom. The lowest BCUT2D eigenvalue weighted by atomic mass is 10.1. The summed E-state index contributed by atoms with van der Waals surface area (Å²) in [7, 11) is 1.59. The summed E-state index contributed by atoms with van der Waals surface area (Å²) in [6, 6.07) is 17.5. The molecule has 1 N–H and O–H groups in total. The van der Waals surface area contributed by atoms with E-state index in [0.717, 1.165) is 21.5 Å². The van der Waals surface area contributed by atoms with Crippen LogP contribution in [-0.2, 0) is 17.8 Å². The van der Waals surface area contributed by atoms with Crippen molar-refractivity contribution in [3.8, 4) is 0 Å². The van der Waals surface area contributed by atoms with Gasteiger partial charge >= 0.3 is 0 Å². The van der Waals surface area contributed by atoms with Crippen molar-refractivity contribution in [3.05, 3.63) is 76.5 Å². The van der Waals surface area contributed by atoms with Gasteiger partial charge < -0.3 is 9.15 Å². The van der Waals surface area contributed by atoms with Gasteiger partial charge in [0.15, 0.2) is 5.76 Å². The largest absolute Gasteiger partial charge is 0.451 e. The Hall–Kier alpha value is -3.03. The van der Waals surface area contributed by atoms with E-state index in [1.54, 1.807) is 7.11 Å². The normalized spacial score (nSPS) is 11.0. The predicted molar refractivity (Wildman–Crippen MR) is 104 cm³/mol. The first kappa shape index (κ1) is 17.4. The number of ether oxygens (including phenoxy) is 1. The summed E-state index contributed by atoms with van der Waals surface area (Å²) in [4.78, 5) is 12.7. The highest BCUT2D eigenvalue weighted by Gasteiger charge is 2.21. The van der Waals surface area contributed by atoms with Gasteiger partial charge in [0.1, 0.15) is 10.6 Å². The maximum absolute atomic E-state index is 12.7. The van der Waals surface area contributed by atoms with E-state index in [0.29, 0.717) is 17.1 Å². The third kappa shape index (κ3) is 3.74. The second kappa shape index (κ2) is 7.69. The van der Waals surface area contributed by atoms with Gasteiger partial charge in [0.05, 0.1) is 6.61 Å². The molecule has 0 aliphatic carbocycles. The summed E-state index contributed by atoms with van der Waals surface area (Å²) < 4.78 is 11.0. The Morgan fingerprint density at radius 1 is 1.11 bits per heavy atom. The highest BCUT2D eigenvalue weighted by atomic mass is 32.1. The van der Waals surface area contributed by atoms with E-state index in [4.69, 9.17) is 9.15 Å². The van der Waals surface area contributed by atoms with Crippen molar-refractivity contribution in [2.75, 3.05) is 12.4 Å². The van der Waals surface area contributed by atoms with Crippen molar-refractivity contribution >= 4 is 33.3 Å². The number of para-hydroxylation sites is 1. The Balaban J connectivity index is 1.54. The lowest BCUT2D eigenvalue weighted by Crippen LogP contribution is -2.13. The topological polar surface area (TPSA) is 77.2 Å². The van der Waals surface area contributed by atoms with E-state index < -0.39 is 0 Å². The number of rotatable bonds is 6. The van der Waals surface area contributed by atoms with Crippen molar-refractivity contribution in [3.63, 3.8) is 0 Å². The van der Waals surface area contributed by atoms with Crippen LogP contribution in [0.2, 0.25) is 0 Å². The average Bonchev–Trinajstić information content (AvgIpc) is 3.28. The van der Waals surface area contributed by atoms with Gasteiger partial charge in [-0.25, -0.2) is 0 Å². The molecular weight excluding hydrogens is 362 g/mol. The van der Waals surface area contributed by atoms with Gasteiger partial charge in [-0.3, -0.25) is 10.1 Å². The maximum Gasteiger partial charge on any atom is 0.293 e. The van der Waals surface area contributed by atoms with Gasteiger partial charge in [-0.2, -0.15) is 0 Å². The van der Waals surface area contributed by atoms with Crippen molar-refractivity contribution in [1.82, 2.24) is 10.2 Å². The minimum Gasteiger partial charge on any atom is -0.451 e. The molecule has 2 aromatic heterocycles. The Morgan fingerprint density at radius 3 is 2.70 bits per heavy atom. The molecular formula is C20H17N3O3S. The lowest BCUT2D eigenvalue weighted by Gasteiger charge is -2.01. The smallest absolute Gasteiger partial charge is 0.293 e. The molecule has 0 bridgehead atoms. The van der Waals surface area contributed by atoms with Crippen LogP contribution in [0, 0.1) is 0 Å². The zero-order valence-electron chi connectivity index (χ0n) is 14.6. The van der Waals surface area contributed by atoms with Crippen LogP contribution < -0.4 is 5.32 Å². The zero-order chi connectivity index (χ0) is 18.6. The number of carbonyl (C=O) groups excluding carboxylic acids is 1. The number of methoxy groups -OCH3 is 1. The molecule has 27 heavy (non-hydrogen) atoms. The molecule has 4 aromatic rings. The van der Waals surface area contributed by atoms with Crippen LogP contribution in [0.15, 0.2) is 59.0 Å². The quantitative estimate of drug-likeness (QED) is 0.541. The van der Waals surface area contributed by atoms with Gasteiger partial charge in [-0.05, 0) is 11.6 Å². The number of nitrogens with zero attached hydrogens (tertiary/aromatic N) is 2. The zero-order valence-corrected chi connectivity index (χ0v) is 15.5. The molecule has 0 aliphatic rings. The molecule has 0 aliphatic heterocycles. The van der Waals surface area contributed by atoms with Crippen LogP contribution in [0.5, 0.6) is 0 Å². The summed E-state index contributed by atoms with van der Waals surface area (Å²) in [5.41, 5.74) is 2.52. The van der Waals surface area contributed by atoms with Crippen LogP contribution in [0.4, 0.5) is 5.13 Å². The molecule has 0 spiro atoms. The summed E-state index contributed by atoms with van der Waals surface area (Å²) >= 11 is 1.35. The minimum atomic E-state index is -0.360. The molecule has 6 nitrogen and oxygen atoms in total. The molecule has 0 saturated heterocycles. The van der Waals surface area contributed by atoms with E-state index in [-0.39, 0.29) is 18.3 Å². The number of hydrogen-bond donors (Lipinski definition) is 1. The van der Waals surface area contributed by atoms with Crippen LogP contribution in [-0.4, -0.2) is 23.2 Å². The molecule has 2 heterocycles. The van der Waals surface area contributed by atoms with E-state index in [1.165, 1.54) is 11.3 Å². The number of furan rings is 1. The minimum absolute atomic E-state index is 0.234. The molecule has 0 atom stereocenters. The fourth-order valence-corrected chi connectivity index (χ4v) is 3.64. The maximum atomic E-state index is 12.7.